The molecule has 3 N–H and O–H groups in total. The Hall–Kier alpha value is -2.11. The van der Waals surface area contributed by atoms with Crippen molar-refractivity contribution in [3.63, 3.8) is 0 Å². The summed E-state index contributed by atoms with van der Waals surface area (Å²) in [6, 6.07) is 5.95. The molecule has 104 valence electrons. The molecule has 0 aliphatic carbocycles. The fourth-order valence-electron chi connectivity index (χ4n) is 1.87. The molecule has 1 rings (SSSR count). The molecule has 1 amide bonds. The zero-order chi connectivity index (χ0) is 14.6. The Morgan fingerprint density at radius 2 is 2.00 bits per heavy atom. The molecular weight excluding hydrogens is 249 g/mol. The van der Waals surface area contributed by atoms with Gasteiger partial charge in [0.1, 0.15) is 11.7 Å². The van der Waals surface area contributed by atoms with E-state index in [9.17, 15) is 9.18 Å². The molecule has 1 unspecified atom stereocenters. The van der Waals surface area contributed by atoms with Crippen molar-refractivity contribution in [3.05, 3.63) is 30.1 Å². The summed E-state index contributed by atoms with van der Waals surface area (Å²) in [5.41, 5.74) is 5.69. The number of anilines is 1. The molecule has 6 heteroatoms. The number of nitrogens with two attached hydrogens (primary N) is 1. The average molecular weight is 267 g/mol. The Labute approximate surface area is 111 Å². The number of nitrogens with zero attached hydrogens (tertiary/aromatic N) is 2. The van der Waals surface area contributed by atoms with Gasteiger partial charge in [0, 0.05) is 7.05 Å². The first-order chi connectivity index (χ1) is 8.90. The standard InChI is InChI=1S/C13H18FN3O2/c1-8(2)11(12(15)16-19)13(18)17(3)10-7-5-4-6-9(10)14/h4-8,11,19H,1-3H3,(H2,15,16). The molecule has 0 fully saturated rings. The number of rotatable bonds is 4. The molecule has 1 aromatic rings. The first kappa shape index (κ1) is 14.9. The van der Waals surface area contributed by atoms with Gasteiger partial charge >= 0.3 is 0 Å². The van der Waals surface area contributed by atoms with Gasteiger partial charge in [-0.2, -0.15) is 0 Å². The summed E-state index contributed by atoms with van der Waals surface area (Å²) in [4.78, 5) is 13.5. The van der Waals surface area contributed by atoms with E-state index in [4.69, 9.17) is 10.9 Å². The van der Waals surface area contributed by atoms with E-state index in [1.807, 2.05) is 0 Å². The number of carbonyl (C=O) groups is 1. The van der Waals surface area contributed by atoms with Crippen LogP contribution >= 0.6 is 0 Å². The molecule has 1 aromatic carbocycles. The molecule has 0 saturated heterocycles. The maximum Gasteiger partial charge on any atom is 0.237 e. The second kappa shape index (κ2) is 6.17. The lowest BCUT2D eigenvalue weighted by atomic mass is 9.93. The highest BCUT2D eigenvalue weighted by atomic mass is 19.1. The number of hydrogen-bond donors (Lipinski definition) is 2. The largest absolute Gasteiger partial charge is 0.409 e. The number of amidine groups is 1. The smallest absolute Gasteiger partial charge is 0.237 e. The van der Waals surface area contributed by atoms with E-state index in [-0.39, 0.29) is 17.4 Å². The van der Waals surface area contributed by atoms with Crippen molar-refractivity contribution in [2.75, 3.05) is 11.9 Å². The van der Waals surface area contributed by atoms with Crippen LogP contribution < -0.4 is 10.6 Å². The number of benzene rings is 1. The highest BCUT2D eigenvalue weighted by Crippen LogP contribution is 2.22. The summed E-state index contributed by atoms with van der Waals surface area (Å²) in [6.07, 6.45) is 0. The zero-order valence-electron chi connectivity index (χ0n) is 11.2. The number of para-hydroxylation sites is 1. The van der Waals surface area contributed by atoms with Gasteiger partial charge in [-0.1, -0.05) is 31.1 Å². The van der Waals surface area contributed by atoms with Gasteiger partial charge in [0.05, 0.1) is 5.69 Å². The molecular formula is C13H18FN3O2. The van der Waals surface area contributed by atoms with Crippen molar-refractivity contribution in [1.29, 1.82) is 0 Å². The van der Waals surface area contributed by atoms with Crippen LogP contribution in [0.2, 0.25) is 0 Å². The van der Waals surface area contributed by atoms with E-state index in [0.717, 1.165) is 0 Å². The quantitative estimate of drug-likeness (QED) is 0.378. The first-order valence-electron chi connectivity index (χ1n) is 5.89. The highest BCUT2D eigenvalue weighted by molar-refractivity contribution is 6.08. The van der Waals surface area contributed by atoms with Crippen LogP contribution in [-0.2, 0) is 4.79 Å². The average Bonchev–Trinajstić information content (AvgIpc) is 2.37. The fraction of sp³-hybridized carbons (Fsp3) is 0.385. The summed E-state index contributed by atoms with van der Waals surface area (Å²) < 4.78 is 13.6. The maximum atomic E-state index is 13.6. The molecule has 0 heterocycles. The first-order valence-corrected chi connectivity index (χ1v) is 5.89. The van der Waals surface area contributed by atoms with E-state index in [0.29, 0.717) is 0 Å². The van der Waals surface area contributed by atoms with Crippen molar-refractivity contribution in [2.24, 2.45) is 22.7 Å². The van der Waals surface area contributed by atoms with Crippen LogP contribution in [-0.4, -0.2) is 24.0 Å². The minimum absolute atomic E-state index is 0.156. The Bertz CT molecular complexity index is 489. The third kappa shape index (κ3) is 3.21. The summed E-state index contributed by atoms with van der Waals surface area (Å²) in [5.74, 6) is -2.06. The molecule has 0 spiro atoms. The van der Waals surface area contributed by atoms with Crippen molar-refractivity contribution in [1.82, 2.24) is 0 Å². The molecule has 5 nitrogen and oxygen atoms in total. The van der Waals surface area contributed by atoms with Crippen LogP contribution in [0, 0.1) is 17.7 Å². The highest BCUT2D eigenvalue weighted by Gasteiger charge is 2.30. The van der Waals surface area contributed by atoms with E-state index in [2.05, 4.69) is 5.16 Å². The molecule has 1 atom stereocenters. The summed E-state index contributed by atoms with van der Waals surface area (Å²) in [7, 11) is 1.46. The van der Waals surface area contributed by atoms with Gasteiger partial charge in [0.2, 0.25) is 5.91 Å². The van der Waals surface area contributed by atoms with Crippen molar-refractivity contribution in [3.8, 4) is 0 Å². The van der Waals surface area contributed by atoms with Crippen LogP contribution in [0.15, 0.2) is 29.4 Å². The summed E-state index contributed by atoms with van der Waals surface area (Å²) in [6.45, 7) is 3.55. The lowest BCUT2D eigenvalue weighted by molar-refractivity contribution is -0.121. The molecule has 0 aliphatic rings. The third-order valence-corrected chi connectivity index (χ3v) is 2.91. The summed E-state index contributed by atoms with van der Waals surface area (Å²) in [5, 5.41) is 11.6. The third-order valence-electron chi connectivity index (χ3n) is 2.91. The Morgan fingerprint density at radius 3 is 2.47 bits per heavy atom. The van der Waals surface area contributed by atoms with Crippen molar-refractivity contribution >= 4 is 17.4 Å². The molecule has 0 bridgehead atoms. The molecule has 19 heavy (non-hydrogen) atoms. The second-order valence-corrected chi connectivity index (χ2v) is 4.60. The second-order valence-electron chi connectivity index (χ2n) is 4.60. The zero-order valence-corrected chi connectivity index (χ0v) is 11.2. The van der Waals surface area contributed by atoms with Crippen LogP contribution in [0.4, 0.5) is 10.1 Å². The SMILES string of the molecule is CC(C)C(C(=O)N(C)c1ccccc1F)C(N)=NO. The predicted molar refractivity (Wildman–Crippen MR) is 71.5 cm³/mol. The number of amides is 1. The fourth-order valence-corrected chi connectivity index (χ4v) is 1.87. The van der Waals surface area contributed by atoms with Gasteiger partial charge in [0.25, 0.3) is 0 Å². The Balaban J connectivity index is 3.08. The van der Waals surface area contributed by atoms with Crippen molar-refractivity contribution < 1.29 is 14.4 Å². The van der Waals surface area contributed by atoms with E-state index in [1.54, 1.807) is 26.0 Å². The van der Waals surface area contributed by atoms with E-state index >= 15 is 0 Å². The molecule has 0 radical (unpaired) electrons. The van der Waals surface area contributed by atoms with Crippen LogP contribution in [0.3, 0.4) is 0 Å². The topological polar surface area (TPSA) is 78.9 Å². The number of hydrogen-bond acceptors (Lipinski definition) is 3. The maximum absolute atomic E-state index is 13.6. The predicted octanol–water partition coefficient (Wildman–Crippen LogP) is 1.81. The van der Waals surface area contributed by atoms with Gasteiger partial charge in [-0.15, -0.1) is 0 Å². The van der Waals surface area contributed by atoms with E-state index in [1.165, 1.54) is 24.1 Å². The van der Waals surface area contributed by atoms with Crippen LogP contribution in [0.1, 0.15) is 13.8 Å². The van der Waals surface area contributed by atoms with Gasteiger partial charge in [-0.3, -0.25) is 4.79 Å². The minimum Gasteiger partial charge on any atom is -0.409 e. The Morgan fingerprint density at radius 1 is 1.42 bits per heavy atom. The van der Waals surface area contributed by atoms with Crippen LogP contribution in [0.5, 0.6) is 0 Å². The lowest BCUT2D eigenvalue weighted by Crippen LogP contribution is -2.43. The number of carbonyl (C=O) groups excluding carboxylic acids is 1. The summed E-state index contributed by atoms with van der Waals surface area (Å²) >= 11 is 0. The molecule has 0 aliphatic heterocycles. The van der Waals surface area contributed by atoms with Crippen LogP contribution in [0.25, 0.3) is 0 Å². The normalized spacial score (nSPS) is 13.4. The Kier molecular flexibility index (Phi) is 4.86. The van der Waals surface area contributed by atoms with Gasteiger partial charge in [-0.05, 0) is 18.1 Å². The monoisotopic (exact) mass is 267 g/mol. The molecule has 0 aromatic heterocycles. The number of halogens is 1. The minimum atomic E-state index is -0.797. The van der Waals surface area contributed by atoms with Gasteiger partial charge in [-0.25, -0.2) is 4.39 Å². The van der Waals surface area contributed by atoms with Gasteiger partial charge in [0.15, 0.2) is 5.84 Å². The molecule has 0 saturated carbocycles. The van der Waals surface area contributed by atoms with Crippen molar-refractivity contribution in [2.45, 2.75) is 13.8 Å². The lowest BCUT2D eigenvalue weighted by Gasteiger charge is -2.25. The number of oxime groups is 1. The van der Waals surface area contributed by atoms with E-state index < -0.39 is 17.6 Å². The van der Waals surface area contributed by atoms with Gasteiger partial charge < -0.3 is 15.8 Å².